The monoisotopic (exact) mass is 366 g/mol. The molecule has 9 heteroatoms. The molecule has 0 aliphatic carbocycles. The fraction of sp³-hybridized carbons (Fsp3) is 0.688. The molecule has 2 N–H and O–H groups in total. The molecular weight excluding hydrogens is 340 g/mol. The first-order valence-electron chi connectivity index (χ1n) is 8.48. The Kier molecular flexibility index (Phi) is 4.61. The highest BCUT2D eigenvalue weighted by atomic mass is 28.4. The van der Waals surface area contributed by atoms with Crippen LogP contribution < -0.4 is 5.56 Å². The lowest BCUT2D eigenvalue weighted by molar-refractivity contribution is -0.0410. The van der Waals surface area contributed by atoms with Crippen LogP contribution in [0.1, 0.15) is 33.4 Å². The van der Waals surface area contributed by atoms with Gasteiger partial charge >= 0.3 is 0 Å². The molecule has 138 valence electrons. The summed E-state index contributed by atoms with van der Waals surface area (Å²) in [6, 6.07) is 0. The summed E-state index contributed by atoms with van der Waals surface area (Å²) in [5, 5.41) is 9.79. The van der Waals surface area contributed by atoms with Crippen LogP contribution in [-0.2, 0) is 9.16 Å². The number of aliphatic hydroxyl groups excluding tert-OH is 1. The Morgan fingerprint density at radius 3 is 2.80 bits per heavy atom. The zero-order valence-electron chi connectivity index (χ0n) is 15.3. The fourth-order valence-electron chi connectivity index (χ4n) is 2.79. The van der Waals surface area contributed by atoms with Crippen LogP contribution in [0.4, 0.5) is 0 Å². The Labute approximate surface area is 147 Å². The average Bonchev–Trinajstić information content (AvgIpc) is 3.10. The number of imidazole rings is 1. The summed E-state index contributed by atoms with van der Waals surface area (Å²) in [4.78, 5) is 22.7. The third-order valence-electron chi connectivity index (χ3n) is 5.29. The summed E-state index contributed by atoms with van der Waals surface area (Å²) in [5.74, 6) is 0. The van der Waals surface area contributed by atoms with Crippen molar-refractivity contribution in [2.45, 2.75) is 63.8 Å². The molecule has 1 aliphatic heterocycles. The van der Waals surface area contributed by atoms with E-state index in [4.69, 9.17) is 9.16 Å². The third-order valence-corrected chi connectivity index (χ3v) is 9.79. The first-order chi connectivity index (χ1) is 11.6. The van der Waals surface area contributed by atoms with E-state index in [9.17, 15) is 9.90 Å². The molecule has 1 saturated heterocycles. The number of aromatic nitrogens is 4. The third kappa shape index (κ3) is 3.29. The summed E-state index contributed by atoms with van der Waals surface area (Å²) in [6.45, 7) is 10.8. The van der Waals surface area contributed by atoms with Crippen molar-refractivity contribution in [3.8, 4) is 0 Å². The van der Waals surface area contributed by atoms with Gasteiger partial charge in [0, 0.05) is 6.42 Å². The zero-order valence-corrected chi connectivity index (χ0v) is 16.3. The van der Waals surface area contributed by atoms with E-state index in [1.165, 1.54) is 6.33 Å². The average molecular weight is 366 g/mol. The van der Waals surface area contributed by atoms with E-state index in [0.717, 1.165) is 0 Å². The van der Waals surface area contributed by atoms with Gasteiger partial charge in [0.25, 0.3) is 5.56 Å². The van der Waals surface area contributed by atoms with Gasteiger partial charge in [-0.2, -0.15) is 0 Å². The standard InChI is InChI=1S/C16H26N4O4Si/c1-16(2,3)25(4,5)24-10-6-12(23-11(10)7-21)20-9-19-13-14(20)17-8-18-15(13)22/h8-12,21H,6-7H2,1-5H3,(H,17,18,22)/t10-,11+,12-/m0/s1. The second-order valence-electron chi connectivity index (χ2n) is 8.02. The lowest BCUT2D eigenvalue weighted by atomic mass is 10.2. The van der Waals surface area contributed by atoms with Crippen molar-refractivity contribution < 1.29 is 14.3 Å². The maximum atomic E-state index is 11.8. The Balaban J connectivity index is 1.86. The Hall–Kier alpha value is -1.55. The van der Waals surface area contributed by atoms with Crippen LogP contribution in [0.15, 0.2) is 17.4 Å². The number of aromatic amines is 1. The van der Waals surface area contributed by atoms with E-state index in [-0.39, 0.29) is 35.1 Å². The van der Waals surface area contributed by atoms with E-state index < -0.39 is 14.4 Å². The van der Waals surface area contributed by atoms with Gasteiger partial charge in [-0.3, -0.25) is 9.36 Å². The van der Waals surface area contributed by atoms with Crippen molar-refractivity contribution in [2.75, 3.05) is 6.61 Å². The highest BCUT2D eigenvalue weighted by molar-refractivity contribution is 6.74. The molecule has 8 nitrogen and oxygen atoms in total. The molecule has 3 atom stereocenters. The van der Waals surface area contributed by atoms with Gasteiger partial charge in [0.05, 0.1) is 25.4 Å². The Bertz CT molecular complexity index is 810. The molecule has 1 aliphatic rings. The van der Waals surface area contributed by atoms with Crippen LogP contribution >= 0.6 is 0 Å². The molecule has 0 spiro atoms. The van der Waals surface area contributed by atoms with Gasteiger partial charge in [0.1, 0.15) is 12.3 Å². The van der Waals surface area contributed by atoms with Crippen LogP contribution in [0.5, 0.6) is 0 Å². The summed E-state index contributed by atoms with van der Waals surface area (Å²) >= 11 is 0. The summed E-state index contributed by atoms with van der Waals surface area (Å²) in [5.41, 5.74) is 0.466. The maximum Gasteiger partial charge on any atom is 0.278 e. The number of ether oxygens (including phenoxy) is 1. The molecule has 25 heavy (non-hydrogen) atoms. The van der Waals surface area contributed by atoms with Crippen LogP contribution in [0.25, 0.3) is 11.2 Å². The van der Waals surface area contributed by atoms with E-state index in [0.29, 0.717) is 12.1 Å². The quantitative estimate of drug-likeness (QED) is 0.800. The maximum absolute atomic E-state index is 11.8. The van der Waals surface area contributed by atoms with Crippen molar-refractivity contribution in [1.29, 1.82) is 0 Å². The van der Waals surface area contributed by atoms with E-state index in [1.807, 2.05) is 0 Å². The fourth-order valence-corrected chi connectivity index (χ4v) is 4.15. The van der Waals surface area contributed by atoms with Gasteiger partial charge in [0.15, 0.2) is 19.5 Å². The number of nitrogens with one attached hydrogen (secondary N) is 1. The SMILES string of the molecule is CC(C)(C)[Si](C)(C)O[C@H]1C[C@@H](n2cnc3c(=O)[nH]cnc32)O[C@@H]1CO. The van der Waals surface area contributed by atoms with Gasteiger partial charge in [-0.05, 0) is 18.1 Å². The van der Waals surface area contributed by atoms with Crippen molar-refractivity contribution in [3.05, 3.63) is 23.0 Å². The smallest absolute Gasteiger partial charge is 0.278 e. The van der Waals surface area contributed by atoms with Gasteiger partial charge in [-0.1, -0.05) is 20.8 Å². The Morgan fingerprint density at radius 1 is 1.44 bits per heavy atom. The molecule has 2 aromatic heterocycles. The second-order valence-corrected chi connectivity index (χ2v) is 12.8. The normalized spacial score (nSPS) is 25.0. The van der Waals surface area contributed by atoms with Crippen molar-refractivity contribution in [2.24, 2.45) is 0 Å². The molecule has 3 rings (SSSR count). The van der Waals surface area contributed by atoms with Crippen LogP contribution in [0.3, 0.4) is 0 Å². The largest absolute Gasteiger partial charge is 0.411 e. The molecule has 0 radical (unpaired) electrons. The van der Waals surface area contributed by atoms with Gasteiger partial charge in [-0.15, -0.1) is 0 Å². The molecule has 3 heterocycles. The van der Waals surface area contributed by atoms with E-state index in [2.05, 4.69) is 48.8 Å². The van der Waals surface area contributed by atoms with Gasteiger partial charge in [0.2, 0.25) is 0 Å². The number of nitrogens with zero attached hydrogens (tertiary/aromatic N) is 3. The van der Waals surface area contributed by atoms with Crippen LogP contribution in [0, 0.1) is 0 Å². The second kappa shape index (κ2) is 6.31. The molecule has 0 saturated carbocycles. The zero-order chi connectivity index (χ0) is 18.4. The first kappa shape index (κ1) is 18.2. The number of fused-ring (bicyclic) bond motifs is 1. The minimum absolute atomic E-state index is 0.0711. The Morgan fingerprint density at radius 2 is 2.16 bits per heavy atom. The first-order valence-corrected chi connectivity index (χ1v) is 11.4. The minimum atomic E-state index is -1.99. The predicted octanol–water partition coefficient (Wildman–Crippen LogP) is 1.79. The molecule has 0 aromatic carbocycles. The van der Waals surface area contributed by atoms with Gasteiger partial charge < -0.3 is 19.3 Å². The lowest BCUT2D eigenvalue weighted by Crippen LogP contribution is -2.46. The van der Waals surface area contributed by atoms with E-state index >= 15 is 0 Å². The summed E-state index contributed by atoms with van der Waals surface area (Å²) in [6.07, 6.45) is 2.52. The highest BCUT2D eigenvalue weighted by Crippen LogP contribution is 2.41. The summed E-state index contributed by atoms with van der Waals surface area (Å²) < 4.78 is 14.2. The molecule has 2 aromatic rings. The summed E-state index contributed by atoms with van der Waals surface area (Å²) in [7, 11) is -1.99. The lowest BCUT2D eigenvalue weighted by Gasteiger charge is -2.39. The van der Waals surface area contributed by atoms with Crippen LogP contribution in [0.2, 0.25) is 18.1 Å². The number of hydrogen-bond acceptors (Lipinski definition) is 6. The van der Waals surface area contributed by atoms with Crippen molar-refractivity contribution in [1.82, 2.24) is 19.5 Å². The number of rotatable bonds is 4. The molecule has 0 unspecified atom stereocenters. The van der Waals surface area contributed by atoms with Gasteiger partial charge in [-0.25, -0.2) is 9.97 Å². The topological polar surface area (TPSA) is 102 Å². The molecular formula is C16H26N4O4Si. The van der Waals surface area contributed by atoms with Crippen LogP contribution in [-0.4, -0.2) is 51.8 Å². The molecule has 0 bridgehead atoms. The van der Waals surface area contributed by atoms with Crippen molar-refractivity contribution in [3.63, 3.8) is 0 Å². The van der Waals surface area contributed by atoms with Crippen molar-refractivity contribution >= 4 is 19.5 Å². The number of hydrogen-bond donors (Lipinski definition) is 2. The van der Waals surface area contributed by atoms with E-state index in [1.54, 1.807) is 10.9 Å². The number of H-pyrrole nitrogens is 1. The number of aliphatic hydroxyl groups is 1. The molecule has 0 amide bonds. The molecule has 1 fully saturated rings. The highest BCUT2D eigenvalue weighted by Gasteiger charge is 2.45. The predicted molar refractivity (Wildman–Crippen MR) is 95.8 cm³/mol. The minimum Gasteiger partial charge on any atom is -0.411 e.